The average Bonchev–Trinajstić information content (AvgIpc) is 3.00. The molecule has 1 amide bonds. The second-order valence-electron chi connectivity index (χ2n) is 6.33. The predicted molar refractivity (Wildman–Crippen MR) is 91.8 cm³/mol. The van der Waals surface area contributed by atoms with Gasteiger partial charge in [0.2, 0.25) is 5.91 Å². The normalized spacial score (nSPS) is 16.5. The van der Waals surface area contributed by atoms with E-state index in [0.717, 1.165) is 56.5 Å². The smallest absolute Gasteiger partial charge is 0.226 e. The molecule has 1 aromatic carbocycles. The molecule has 0 aliphatic carbocycles. The lowest BCUT2D eigenvalue weighted by Gasteiger charge is -2.32. The number of para-hydroxylation sites is 1. The van der Waals surface area contributed by atoms with Crippen LogP contribution >= 0.6 is 0 Å². The van der Waals surface area contributed by atoms with Gasteiger partial charge in [0.05, 0.1) is 6.42 Å². The molecule has 0 bridgehead atoms. The van der Waals surface area contributed by atoms with Crippen LogP contribution in [-0.2, 0) is 16.0 Å². The Hall–Kier alpha value is -1.92. The maximum atomic E-state index is 12.3. The summed E-state index contributed by atoms with van der Waals surface area (Å²) >= 11 is 0. The number of fused-ring (bicyclic) bond motifs is 1. The second kappa shape index (κ2) is 8.26. The number of ether oxygens (including phenoxy) is 1. The van der Waals surface area contributed by atoms with Crippen LogP contribution in [0, 0.1) is 0 Å². The van der Waals surface area contributed by atoms with Gasteiger partial charge in [-0.15, -0.1) is 0 Å². The molecule has 130 valence electrons. The number of carbonyl (C=O) groups excluding carboxylic acids is 1. The molecule has 3 rings (SSSR count). The zero-order valence-electron chi connectivity index (χ0n) is 14.2. The molecule has 0 saturated carbocycles. The van der Waals surface area contributed by atoms with Crippen molar-refractivity contribution in [1.82, 2.24) is 15.4 Å². The largest absolute Gasteiger partial charge is 0.385 e. The molecule has 0 atom stereocenters. The Morgan fingerprint density at radius 1 is 1.38 bits per heavy atom. The summed E-state index contributed by atoms with van der Waals surface area (Å²) in [5.41, 5.74) is 1.43. The van der Waals surface area contributed by atoms with Crippen molar-refractivity contribution in [2.45, 2.75) is 31.7 Å². The van der Waals surface area contributed by atoms with Crippen LogP contribution in [0.5, 0.6) is 0 Å². The lowest BCUT2D eigenvalue weighted by Crippen LogP contribution is -2.45. The van der Waals surface area contributed by atoms with Crippen molar-refractivity contribution in [3.63, 3.8) is 0 Å². The first-order valence-electron chi connectivity index (χ1n) is 8.60. The minimum atomic E-state index is 0.0203. The highest BCUT2D eigenvalue weighted by atomic mass is 16.5. The first-order chi connectivity index (χ1) is 11.8. The van der Waals surface area contributed by atoms with Crippen LogP contribution in [-0.4, -0.2) is 55.4 Å². The molecule has 24 heavy (non-hydrogen) atoms. The summed E-state index contributed by atoms with van der Waals surface area (Å²) in [7, 11) is 1.74. The van der Waals surface area contributed by atoms with E-state index >= 15 is 0 Å². The van der Waals surface area contributed by atoms with Crippen LogP contribution in [0.2, 0.25) is 0 Å². The van der Waals surface area contributed by atoms with Crippen molar-refractivity contribution in [1.29, 1.82) is 0 Å². The summed E-state index contributed by atoms with van der Waals surface area (Å²) < 4.78 is 10.3. The summed E-state index contributed by atoms with van der Waals surface area (Å²) in [5, 5.41) is 8.08. The number of benzene rings is 1. The third-order valence-corrected chi connectivity index (χ3v) is 4.56. The Labute approximate surface area is 142 Å². The quantitative estimate of drug-likeness (QED) is 0.786. The van der Waals surface area contributed by atoms with Crippen LogP contribution in [0.4, 0.5) is 0 Å². The van der Waals surface area contributed by atoms with Crippen molar-refractivity contribution in [2.75, 3.05) is 33.4 Å². The summed E-state index contributed by atoms with van der Waals surface area (Å²) in [6, 6.07) is 7.89. The molecule has 2 aromatic rings. The SMILES string of the molecule is COCCCN1CCC(NC(=O)Cc2noc3ccccc23)CC1. The molecule has 6 nitrogen and oxygen atoms in total. The molecule has 1 aliphatic rings. The number of methoxy groups -OCH3 is 1. The van der Waals surface area contributed by atoms with Crippen molar-refractivity contribution in [2.24, 2.45) is 0 Å². The average molecular weight is 331 g/mol. The molecule has 0 spiro atoms. The number of hydrogen-bond acceptors (Lipinski definition) is 5. The van der Waals surface area contributed by atoms with Crippen molar-refractivity contribution >= 4 is 16.9 Å². The summed E-state index contributed by atoms with van der Waals surface area (Å²) in [6.07, 6.45) is 3.33. The number of nitrogens with one attached hydrogen (secondary N) is 1. The van der Waals surface area contributed by atoms with Gasteiger partial charge in [0.15, 0.2) is 5.58 Å². The zero-order chi connectivity index (χ0) is 16.8. The van der Waals surface area contributed by atoms with Crippen LogP contribution in [0.25, 0.3) is 11.0 Å². The Morgan fingerprint density at radius 3 is 2.96 bits per heavy atom. The fourth-order valence-corrected chi connectivity index (χ4v) is 3.23. The molecule has 0 unspecified atom stereocenters. The highest BCUT2D eigenvalue weighted by molar-refractivity contribution is 5.86. The van der Waals surface area contributed by atoms with Gasteiger partial charge in [-0.05, 0) is 31.4 Å². The van der Waals surface area contributed by atoms with E-state index in [1.165, 1.54) is 0 Å². The second-order valence-corrected chi connectivity index (χ2v) is 6.33. The van der Waals surface area contributed by atoms with Gasteiger partial charge in [-0.3, -0.25) is 4.79 Å². The van der Waals surface area contributed by atoms with E-state index in [2.05, 4.69) is 15.4 Å². The van der Waals surface area contributed by atoms with Gasteiger partial charge in [-0.25, -0.2) is 0 Å². The molecular weight excluding hydrogens is 306 g/mol. The Bertz CT molecular complexity index is 662. The number of likely N-dealkylation sites (tertiary alicyclic amines) is 1. The highest BCUT2D eigenvalue weighted by Crippen LogP contribution is 2.18. The first-order valence-corrected chi connectivity index (χ1v) is 8.60. The minimum absolute atomic E-state index is 0.0203. The molecule has 2 heterocycles. The van der Waals surface area contributed by atoms with E-state index in [9.17, 15) is 4.79 Å². The zero-order valence-corrected chi connectivity index (χ0v) is 14.2. The van der Waals surface area contributed by atoms with Crippen LogP contribution < -0.4 is 5.32 Å². The Morgan fingerprint density at radius 2 is 2.17 bits per heavy atom. The molecule has 1 N–H and O–H groups in total. The number of amides is 1. The van der Waals surface area contributed by atoms with E-state index in [0.29, 0.717) is 5.69 Å². The maximum absolute atomic E-state index is 12.3. The van der Waals surface area contributed by atoms with Gasteiger partial charge in [-0.1, -0.05) is 17.3 Å². The standard InChI is InChI=1S/C18H25N3O3/c1-23-12-4-9-21-10-7-14(8-11-21)19-18(22)13-16-15-5-2-3-6-17(15)24-20-16/h2-3,5-6,14H,4,7-13H2,1H3,(H,19,22). The number of aromatic nitrogens is 1. The predicted octanol–water partition coefficient (Wildman–Crippen LogP) is 1.99. The van der Waals surface area contributed by atoms with Crippen LogP contribution in [0.3, 0.4) is 0 Å². The van der Waals surface area contributed by atoms with Crippen molar-refractivity contribution < 1.29 is 14.1 Å². The van der Waals surface area contributed by atoms with E-state index in [1.807, 2.05) is 24.3 Å². The molecule has 1 fully saturated rings. The van der Waals surface area contributed by atoms with Gasteiger partial charge >= 0.3 is 0 Å². The minimum Gasteiger partial charge on any atom is -0.385 e. The van der Waals surface area contributed by atoms with Gasteiger partial charge in [0.25, 0.3) is 0 Å². The fraction of sp³-hybridized carbons (Fsp3) is 0.556. The van der Waals surface area contributed by atoms with Gasteiger partial charge in [0, 0.05) is 44.8 Å². The van der Waals surface area contributed by atoms with E-state index in [-0.39, 0.29) is 18.4 Å². The van der Waals surface area contributed by atoms with Crippen molar-refractivity contribution in [3.05, 3.63) is 30.0 Å². The molecule has 6 heteroatoms. The van der Waals surface area contributed by atoms with Crippen LogP contribution in [0.15, 0.2) is 28.8 Å². The summed E-state index contributed by atoms with van der Waals surface area (Å²) in [6.45, 7) is 3.94. The highest BCUT2D eigenvalue weighted by Gasteiger charge is 2.21. The Balaban J connectivity index is 1.44. The van der Waals surface area contributed by atoms with E-state index < -0.39 is 0 Å². The van der Waals surface area contributed by atoms with E-state index in [4.69, 9.17) is 9.26 Å². The molecular formula is C18H25N3O3. The molecule has 1 aromatic heterocycles. The number of hydrogen-bond donors (Lipinski definition) is 1. The number of rotatable bonds is 7. The lowest BCUT2D eigenvalue weighted by atomic mass is 10.0. The van der Waals surface area contributed by atoms with Gasteiger partial charge < -0.3 is 19.5 Å². The number of nitrogens with zero attached hydrogens (tertiary/aromatic N) is 2. The molecule has 1 saturated heterocycles. The Kier molecular flexibility index (Phi) is 5.82. The van der Waals surface area contributed by atoms with Gasteiger partial charge in [-0.2, -0.15) is 0 Å². The third kappa shape index (κ3) is 4.33. The third-order valence-electron chi connectivity index (χ3n) is 4.56. The number of carbonyl (C=O) groups is 1. The summed E-state index contributed by atoms with van der Waals surface area (Å²) in [5.74, 6) is 0.0203. The summed E-state index contributed by atoms with van der Waals surface area (Å²) in [4.78, 5) is 14.7. The monoisotopic (exact) mass is 331 g/mol. The maximum Gasteiger partial charge on any atom is 0.226 e. The van der Waals surface area contributed by atoms with Crippen molar-refractivity contribution in [3.8, 4) is 0 Å². The first kappa shape index (κ1) is 16.9. The number of piperidine rings is 1. The van der Waals surface area contributed by atoms with Crippen LogP contribution in [0.1, 0.15) is 25.0 Å². The topological polar surface area (TPSA) is 67.6 Å². The lowest BCUT2D eigenvalue weighted by molar-refractivity contribution is -0.121. The molecule has 1 aliphatic heterocycles. The van der Waals surface area contributed by atoms with E-state index in [1.54, 1.807) is 7.11 Å². The molecule has 0 radical (unpaired) electrons. The van der Waals surface area contributed by atoms with Gasteiger partial charge in [0.1, 0.15) is 5.69 Å². The fourth-order valence-electron chi connectivity index (χ4n) is 3.23.